The normalized spacial score (nSPS) is 34.9. The van der Waals surface area contributed by atoms with E-state index in [2.05, 4.69) is 43.4 Å². The summed E-state index contributed by atoms with van der Waals surface area (Å²) in [6, 6.07) is 0. The molecule has 0 aliphatic heterocycles. The van der Waals surface area contributed by atoms with Crippen LogP contribution in [0, 0.1) is 23.2 Å². The Morgan fingerprint density at radius 1 is 1.44 bits per heavy atom. The first-order valence-electron chi connectivity index (χ1n) is 6.18. The highest BCUT2D eigenvalue weighted by atomic mass is 127. The molecule has 3 atom stereocenters. The third-order valence-electron chi connectivity index (χ3n) is 4.12. The van der Waals surface area contributed by atoms with Crippen LogP contribution in [0.25, 0.3) is 0 Å². The maximum atomic E-state index is 5.62. The van der Waals surface area contributed by atoms with Crippen LogP contribution in [0.4, 0.5) is 0 Å². The molecule has 96 valence electrons. The second-order valence-electron chi connectivity index (χ2n) is 5.62. The van der Waals surface area contributed by atoms with Gasteiger partial charge in [0.25, 0.3) is 0 Å². The zero-order chi connectivity index (χ0) is 12.2. The maximum absolute atomic E-state index is 5.62. The van der Waals surface area contributed by atoms with Gasteiger partial charge in [0.2, 0.25) is 0 Å². The molecular formula is C13H25IO2. The van der Waals surface area contributed by atoms with Gasteiger partial charge in [-0.3, -0.25) is 0 Å². The molecule has 0 bridgehead atoms. The van der Waals surface area contributed by atoms with Crippen LogP contribution >= 0.6 is 22.6 Å². The van der Waals surface area contributed by atoms with E-state index in [-0.39, 0.29) is 0 Å². The predicted octanol–water partition coefficient (Wildman–Crippen LogP) is 3.73. The molecule has 0 aromatic carbocycles. The SMILES string of the molecule is COCOC[C@H]1[C@H](C(C)C)CC[C@]1(C)CI. The fourth-order valence-corrected chi connectivity index (χ4v) is 3.89. The summed E-state index contributed by atoms with van der Waals surface area (Å²) in [5.74, 6) is 2.28. The topological polar surface area (TPSA) is 18.5 Å². The van der Waals surface area contributed by atoms with Gasteiger partial charge in [-0.05, 0) is 36.0 Å². The first-order chi connectivity index (χ1) is 7.55. The van der Waals surface area contributed by atoms with Gasteiger partial charge in [0.1, 0.15) is 6.79 Å². The van der Waals surface area contributed by atoms with Crippen LogP contribution < -0.4 is 0 Å². The third-order valence-corrected chi connectivity index (χ3v) is 5.86. The number of ether oxygens (including phenoxy) is 2. The molecule has 0 aromatic heterocycles. The van der Waals surface area contributed by atoms with Gasteiger partial charge < -0.3 is 9.47 Å². The smallest absolute Gasteiger partial charge is 0.146 e. The number of rotatable bonds is 6. The Hall–Kier alpha value is 0.650. The van der Waals surface area contributed by atoms with Crippen molar-refractivity contribution in [3.8, 4) is 0 Å². The van der Waals surface area contributed by atoms with E-state index in [1.165, 1.54) is 17.3 Å². The van der Waals surface area contributed by atoms with Crippen molar-refractivity contribution in [3.05, 3.63) is 0 Å². The van der Waals surface area contributed by atoms with Crippen molar-refractivity contribution in [1.82, 2.24) is 0 Å². The van der Waals surface area contributed by atoms with Crippen molar-refractivity contribution < 1.29 is 9.47 Å². The van der Waals surface area contributed by atoms with Gasteiger partial charge in [-0.2, -0.15) is 0 Å². The summed E-state index contributed by atoms with van der Waals surface area (Å²) < 4.78 is 11.8. The minimum atomic E-state index is 0.429. The van der Waals surface area contributed by atoms with Gasteiger partial charge in [0.05, 0.1) is 6.61 Å². The molecule has 1 aliphatic rings. The Kier molecular flexibility index (Phi) is 6.02. The van der Waals surface area contributed by atoms with Crippen molar-refractivity contribution in [1.29, 1.82) is 0 Å². The predicted molar refractivity (Wildman–Crippen MR) is 75.9 cm³/mol. The largest absolute Gasteiger partial charge is 0.359 e. The van der Waals surface area contributed by atoms with Crippen molar-refractivity contribution in [2.75, 3.05) is 24.9 Å². The third kappa shape index (κ3) is 3.33. The monoisotopic (exact) mass is 340 g/mol. The van der Waals surface area contributed by atoms with E-state index in [0.29, 0.717) is 18.1 Å². The number of hydrogen-bond acceptors (Lipinski definition) is 2. The lowest BCUT2D eigenvalue weighted by Crippen LogP contribution is -2.32. The lowest BCUT2D eigenvalue weighted by molar-refractivity contribution is -0.0620. The van der Waals surface area contributed by atoms with Gasteiger partial charge in [-0.25, -0.2) is 0 Å². The van der Waals surface area contributed by atoms with Crippen LogP contribution in [-0.2, 0) is 9.47 Å². The fraction of sp³-hybridized carbons (Fsp3) is 1.00. The molecule has 2 nitrogen and oxygen atoms in total. The Balaban J connectivity index is 2.61. The highest BCUT2D eigenvalue weighted by molar-refractivity contribution is 14.1. The summed E-state index contributed by atoms with van der Waals surface area (Å²) in [6.07, 6.45) is 2.71. The van der Waals surface area contributed by atoms with Crippen LogP contribution in [0.2, 0.25) is 0 Å². The number of methoxy groups -OCH3 is 1. The lowest BCUT2D eigenvalue weighted by Gasteiger charge is -2.34. The van der Waals surface area contributed by atoms with E-state index in [1.54, 1.807) is 7.11 Å². The molecule has 0 radical (unpaired) electrons. The van der Waals surface area contributed by atoms with Gasteiger partial charge in [0.15, 0.2) is 0 Å². The highest BCUT2D eigenvalue weighted by Crippen LogP contribution is 2.50. The second-order valence-corrected chi connectivity index (χ2v) is 6.38. The summed E-state index contributed by atoms with van der Waals surface area (Å²) in [5.41, 5.74) is 0.462. The molecular weight excluding hydrogens is 315 g/mol. The standard InChI is InChI=1S/C13H25IO2/c1-10(2)11-5-6-13(3,8-14)12(11)7-16-9-15-4/h10-12H,5-9H2,1-4H3/t11-,12-,13+/m0/s1. The van der Waals surface area contributed by atoms with Gasteiger partial charge in [0, 0.05) is 11.5 Å². The molecule has 0 heterocycles. The molecule has 0 saturated heterocycles. The first kappa shape index (κ1) is 14.7. The fourth-order valence-electron chi connectivity index (χ4n) is 2.95. The molecule has 1 fully saturated rings. The molecule has 0 N–H and O–H groups in total. The van der Waals surface area contributed by atoms with Crippen molar-refractivity contribution in [3.63, 3.8) is 0 Å². The van der Waals surface area contributed by atoms with Gasteiger partial charge >= 0.3 is 0 Å². The van der Waals surface area contributed by atoms with Crippen LogP contribution in [0.3, 0.4) is 0 Å². The average Bonchev–Trinajstić information content (AvgIpc) is 2.58. The molecule has 16 heavy (non-hydrogen) atoms. The summed E-state index contributed by atoms with van der Waals surface area (Å²) in [7, 11) is 1.69. The van der Waals surface area contributed by atoms with E-state index >= 15 is 0 Å². The van der Waals surface area contributed by atoms with E-state index < -0.39 is 0 Å². The van der Waals surface area contributed by atoms with Gasteiger partial charge in [-0.1, -0.05) is 43.4 Å². The molecule has 0 spiro atoms. The maximum Gasteiger partial charge on any atom is 0.146 e. The lowest BCUT2D eigenvalue weighted by atomic mass is 9.76. The van der Waals surface area contributed by atoms with Crippen molar-refractivity contribution in [2.45, 2.75) is 33.6 Å². The van der Waals surface area contributed by atoms with Crippen LogP contribution in [-0.4, -0.2) is 24.9 Å². The van der Waals surface area contributed by atoms with Gasteiger partial charge in [-0.15, -0.1) is 0 Å². The zero-order valence-corrected chi connectivity index (χ0v) is 13.1. The molecule has 0 amide bonds. The average molecular weight is 340 g/mol. The van der Waals surface area contributed by atoms with Crippen molar-refractivity contribution in [2.24, 2.45) is 23.2 Å². The second kappa shape index (κ2) is 6.55. The molecule has 3 heteroatoms. The summed E-state index contributed by atoms with van der Waals surface area (Å²) in [5, 5.41) is 0. The van der Waals surface area contributed by atoms with E-state index in [0.717, 1.165) is 18.4 Å². The zero-order valence-electron chi connectivity index (χ0n) is 11.0. The Labute approximate surface area is 114 Å². The van der Waals surface area contributed by atoms with E-state index in [1.807, 2.05) is 0 Å². The van der Waals surface area contributed by atoms with Crippen molar-refractivity contribution >= 4 is 22.6 Å². The van der Waals surface area contributed by atoms with Crippen LogP contribution in [0.15, 0.2) is 0 Å². The minimum absolute atomic E-state index is 0.429. The van der Waals surface area contributed by atoms with Crippen LogP contribution in [0.5, 0.6) is 0 Å². The minimum Gasteiger partial charge on any atom is -0.359 e. The van der Waals surface area contributed by atoms with E-state index in [9.17, 15) is 0 Å². The quantitative estimate of drug-likeness (QED) is 0.317. The molecule has 0 aromatic rings. The number of alkyl halides is 1. The first-order valence-corrected chi connectivity index (χ1v) is 7.70. The molecule has 1 saturated carbocycles. The molecule has 0 unspecified atom stereocenters. The molecule has 1 aliphatic carbocycles. The number of halogens is 1. The summed E-state index contributed by atoms with van der Waals surface area (Å²) in [4.78, 5) is 0. The van der Waals surface area contributed by atoms with Crippen LogP contribution in [0.1, 0.15) is 33.6 Å². The summed E-state index contributed by atoms with van der Waals surface area (Å²) in [6.45, 7) is 8.39. The summed E-state index contributed by atoms with van der Waals surface area (Å²) >= 11 is 2.53. The highest BCUT2D eigenvalue weighted by Gasteiger charge is 2.45. The Bertz CT molecular complexity index is 208. The number of hydrogen-bond donors (Lipinski definition) is 0. The Morgan fingerprint density at radius 2 is 2.12 bits per heavy atom. The Morgan fingerprint density at radius 3 is 2.62 bits per heavy atom. The van der Waals surface area contributed by atoms with E-state index in [4.69, 9.17) is 9.47 Å². The molecule has 1 rings (SSSR count).